The number of alkyl halides is 2. The molecule has 0 saturated heterocycles. The van der Waals surface area contributed by atoms with E-state index in [1.54, 1.807) is 12.1 Å². The van der Waals surface area contributed by atoms with E-state index in [1.165, 1.54) is 12.1 Å². The lowest BCUT2D eigenvalue weighted by atomic mass is 10.1. The van der Waals surface area contributed by atoms with E-state index in [4.69, 9.17) is 23.2 Å². The minimum atomic E-state index is -3.56. The Bertz CT molecular complexity index is 352. The van der Waals surface area contributed by atoms with Crippen molar-refractivity contribution >= 4 is 28.4 Å². The molecule has 0 spiro atoms. The molecule has 0 saturated carbocycles. The molecule has 1 rings (SSSR count). The van der Waals surface area contributed by atoms with Crippen molar-refractivity contribution in [3.63, 3.8) is 0 Å². The largest absolute Gasteiger partial charge is 0.324 e. The number of hydrogen-bond acceptors (Lipinski definition) is 1. The molecule has 0 bridgehead atoms. The van der Waals surface area contributed by atoms with Crippen LogP contribution in [0.5, 0.6) is 0 Å². The van der Waals surface area contributed by atoms with Gasteiger partial charge in [0.1, 0.15) is 0 Å². The quantitative estimate of drug-likeness (QED) is 0.739. The zero-order valence-corrected chi connectivity index (χ0v) is 8.45. The van der Waals surface area contributed by atoms with Gasteiger partial charge in [0.05, 0.1) is 0 Å². The van der Waals surface area contributed by atoms with E-state index in [-0.39, 0.29) is 10.6 Å². The van der Waals surface area contributed by atoms with Gasteiger partial charge in [-0.1, -0.05) is 29.8 Å². The summed E-state index contributed by atoms with van der Waals surface area (Å²) in [6, 6.07) is 6.09. The minimum absolute atomic E-state index is 0.199. The Labute approximate surface area is 89.6 Å². The van der Waals surface area contributed by atoms with Gasteiger partial charge < -0.3 is 0 Å². The highest BCUT2D eigenvalue weighted by molar-refractivity contribution is 6.65. The summed E-state index contributed by atoms with van der Waals surface area (Å²) >= 11 is 10.4. The van der Waals surface area contributed by atoms with Gasteiger partial charge in [-0.15, -0.1) is 0 Å². The molecule has 0 aliphatic carbocycles. The fourth-order valence-corrected chi connectivity index (χ4v) is 1.22. The lowest BCUT2D eigenvalue weighted by molar-refractivity contribution is -0.133. The molecule has 0 atom stereocenters. The Hall–Kier alpha value is -0.670. The Morgan fingerprint density at radius 2 is 1.93 bits per heavy atom. The fraction of sp³-hybridized carbons (Fsp3) is 0.222. The summed E-state index contributed by atoms with van der Waals surface area (Å²) in [5.41, 5.74) is 0.202. The third kappa shape index (κ3) is 2.66. The second kappa shape index (κ2) is 4.24. The molecule has 0 unspecified atom stereocenters. The Kier molecular flexibility index (Phi) is 3.45. The summed E-state index contributed by atoms with van der Waals surface area (Å²) in [5.74, 6) is -3.56. The average molecular weight is 239 g/mol. The standard InChI is InChI=1S/C9H6Cl2F2O/c10-7-4-2-1-3-6(7)5-9(12,13)8(11)14/h1-4H,5H2. The van der Waals surface area contributed by atoms with Crippen LogP contribution >= 0.6 is 23.2 Å². The van der Waals surface area contributed by atoms with Crippen molar-refractivity contribution in [3.8, 4) is 0 Å². The van der Waals surface area contributed by atoms with Gasteiger partial charge in [0.25, 0.3) is 5.24 Å². The zero-order chi connectivity index (χ0) is 10.8. The van der Waals surface area contributed by atoms with Crippen LogP contribution < -0.4 is 0 Å². The maximum atomic E-state index is 12.9. The van der Waals surface area contributed by atoms with Crippen molar-refractivity contribution in [1.29, 1.82) is 0 Å². The van der Waals surface area contributed by atoms with Gasteiger partial charge >= 0.3 is 5.92 Å². The van der Waals surface area contributed by atoms with Crippen LogP contribution in [0.3, 0.4) is 0 Å². The average Bonchev–Trinajstić information content (AvgIpc) is 2.08. The summed E-state index contributed by atoms with van der Waals surface area (Å²) in [7, 11) is 0. The number of halogens is 4. The van der Waals surface area contributed by atoms with Gasteiger partial charge in [0, 0.05) is 11.4 Å². The van der Waals surface area contributed by atoms with Gasteiger partial charge in [-0.2, -0.15) is 8.78 Å². The lowest BCUT2D eigenvalue weighted by Crippen LogP contribution is -2.27. The van der Waals surface area contributed by atoms with Crippen LogP contribution in [0.1, 0.15) is 5.56 Å². The molecule has 14 heavy (non-hydrogen) atoms. The smallest absolute Gasteiger partial charge is 0.274 e. The first-order valence-corrected chi connectivity index (χ1v) is 4.50. The first kappa shape index (κ1) is 11.4. The van der Waals surface area contributed by atoms with Gasteiger partial charge in [-0.25, -0.2) is 0 Å². The lowest BCUT2D eigenvalue weighted by Gasteiger charge is -2.11. The Morgan fingerprint density at radius 1 is 1.36 bits per heavy atom. The van der Waals surface area contributed by atoms with E-state index >= 15 is 0 Å². The normalized spacial score (nSPS) is 11.4. The molecule has 0 N–H and O–H groups in total. The number of hydrogen-bond donors (Lipinski definition) is 0. The number of carbonyl (C=O) groups excluding carboxylic acids is 1. The summed E-state index contributed by atoms with van der Waals surface area (Å²) in [6.45, 7) is 0. The van der Waals surface area contributed by atoms with E-state index in [0.29, 0.717) is 0 Å². The molecule has 1 aromatic carbocycles. The summed E-state index contributed by atoms with van der Waals surface area (Å²) in [5, 5.41) is -1.47. The highest BCUT2D eigenvalue weighted by Crippen LogP contribution is 2.26. The topological polar surface area (TPSA) is 17.1 Å². The molecule has 0 amide bonds. The van der Waals surface area contributed by atoms with Crippen LogP contribution in [0.25, 0.3) is 0 Å². The van der Waals surface area contributed by atoms with Gasteiger partial charge in [-0.05, 0) is 23.2 Å². The summed E-state index contributed by atoms with van der Waals surface area (Å²) in [6.07, 6.45) is -0.769. The Morgan fingerprint density at radius 3 is 2.43 bits per heavy atom. The molecule has 0 radical (unpaired) electrons. The fourth-order valence-electron chi connectivity index (χ4n) is 0.950. The summed E-state index contributed by atoms with van der Waals surface area (Å²) in [4.78, 5) is 10.4. The molecule has 1 aromatic rings. The second-order valence-corrected chi connectivity index (χ2v) is 3.50. The van der Waals surface area contributed by atoms with Crippen LogP contribution in [0.15, 0.2) is 24.3 Å². The predicted molar refractivity (Wildman–Crippen MR) is 51.0 cm³/mol. The maximum absolute atomic E-state index is 12.9. The van der Waals surface area contributed by atoms with Gasteiger partial charge in [0.2, 0.25) is 0 Å². The highest BCUT2D eigenvalue weighted by atomic mass is 35.5. The van der Waals surface area contributed by atoms with Crippen molar-refractivity contribution < 1.29 is 13.6 Å². The zero-order valence-electron chi connectivity index (χ0n) is 6.94. The number of rotatable bonds is 3. The van der Waals surface area contributed by atoms with Crippen LogP contribution in [0, 0.1) is 0 Å². The van der Waals surface area contributed by atoms with Crippen molar-refractivity contribution in [3.05, 3.63) is 34.9 Å². The van der Waals surface area contributed by atoms with E-state index in [2.05, 4.69) is 0 Å². The third-order valence-electron chi connectivity index (χ3n) is 1.66. The monoisotopic (exact) mass is 238 g/mol. The molecular weight excluding hydrogens is 233 g/mol. The second-order valence-electron chi connectivity index (χ2n) is 2.75. The first-order valence-electron chi connectivity index (χ1n) is 3.74. The molecule has 0 aliphatic heterocycles. The van der Waals surface area contributed by atoms with E-state index in [9.17, 15) is 13.6 Å². The molecule has 1 nitrogen and oxygen atoms in total. The summed E-state index contributed by atoms with van der Waals surface area (Å²) < 4.78 is 25.7. The van der Waals surface area contributed by atoms with Crippen LogP contribution in [-0.2, 0) is 11.2 Å². The molecule has 5 heteroatoms. The van der Waals surface area contributed by atoms with Crippen LogP contribution in [-0.4, -0.2) is 11.2 Å². The van der Waals surface area contributed by atoms with Crippen molar-refractivity contribution in [1.82, 2.24) is 0 Å². The first-order chi connectivity index (χ1) is 6.43. The number of carbonyl (C=O) groups is 1. The highest BCUT2D eigenvalue weighted by Gasteiger charge is 2.37. The van der Waals surface area contributed by atoms with E-state index in [1.807, 2.05) is 0 Å². The Balaban J connectivity index is 2.89. The van der Waals surface area contributed by atoms with Gasteiger partial charge in [0.15, 0.2) is 0 Å². The van der Waals surface area contributed by atoms with Crippen molar-refractivity contribution in [2.45, 2.75) is 12.3 Å². The molecule has 0 aliphatic rings. The van der Waals surface area contributed by atoms with Crippen molar-refractivity contribution in [2.75, 3.05) is 0 Å². The van der Waals surface area contributed by atoms with Crippen LogP contribution in [0.4, 0.5) is 8.78 Å². The SMILES string of the molecule is O=C(Cl)C(F)(F)Cc1ccccc1Cl. The van der Waals surface area contributed by atoms with Gasteiger partial charge in [-0.3, -0.25) is 4.79 Å². The molecule has 0 aromatic heterocycles. The minimum Gasteiger partial charge on any atom is -0.274 e. The third-order valence-corrected chi connectivity index (χ3v) is 2.30. The molecular formula is C9H6Cl2F2O. The van der Waals surface area contributed by atoms with E-state index in [0.717, 1.165) is 0 Å². The molecule has 76 valence electrons. The maximum Gasteiger partial charge on any atom is 0.324 e. The van der Waals surface area contributed by atoms with Crippen molar-refractivity contribution in [2.24, 2.45) is 0 Å². The van der Waals surface area contributed by atoms with Crippen LogP contribution in [0.2, 0.25) is 5.02 Å². The molecule has 0 fully saturated rings. The number of benzene rings is 1. The molecule has 0 heterocycles. The van der Waals surface area contributed by atoms with E-state index < -0.39 is 17.6 Å². The predicted octanol–water partition coefficient (Wildman–Crippen LogP) is 3.28.